The Kier molecular flexibility index (Phi) is 3.93. The van der Waals surface area contributed by atoms with Gasteiger partial charge in [-0.2, -0.15) is 0 Å². The number of rotatable bonds is 2. The van der Waals surface area contributed by atoms with E-state index in [1.165, 1.54) is 11.0 Å². The maximum Gasteiger partial charge on any atom is 0.407 e. The largest absolute Gasteiger partial charge is 0.465 e. The van der Waals surface area contributed by atoms with Gasteiger partial charge in [-0.15, -0.1) is 0 Å². The van der Waals surface area contributed by atoms with E-state index in [4.69, 9.17) is 10.8 Å². The van der Waals surface area contributed by atoms with Crippen molar-refractivity contribution in [2.45, 2.75) is 0 Å². The van der Waals surface area contributed by atoms with Crippen molar-refractivity contribution in [2.75, 3.05) is 36.8 Å². The molecule has 20 heavy (non-hydrogen) atoms. The fourth-order valence-electron chi connectivity index (χ4n) is 1.99. The Morgan fingerprint density at radius 1 is 1.45 bits per heavy atom. The van der Waals surface area contributed by atoms with Gasteiger partial charge in [0.05, 0.1) is 5.69 Å². The van der Waals surface area contributed by atoms with Gasteiger partial charge in [-0.25, -0.2) is 4.79 Å². The van der Waals surface area contributed by atoms with Crippen molar-refractivity contribution in [2.24, 2.45) is 0 Å². The van der Waals surface area contributed by atoms with Crippen molar-refractivity contribution in [3.8, 4) is 0 Å². The number of aromatic nitrogens is 1. The minimum atomic E-state index is -0.954. The van der Waals surface area contributed by atoms with Crippen LogP contribution in [-0.2, 0) is 0 Å². The van der Waals surface area contributed by atoms with Crippen LogP contribution in [0.5, 0.6) is 0 Å². The topological polar surface area (TPSA) is 126 Å². The summed E-state index contributed by atoms with van der Waals surface area (Å²) in [6, 6.07) is 1.48. The molecule has 1 amide bonds. The van der Waals surface area contributed by atoms with E-state index in [1.54, 1.807) is 0 Å². The zero-order valence-corrected chi connectivity index (χ0v) is 11.9. The van der Waals surface area contributed by atoms with E-state index in [-0.39, 0.29) is 5.69 Å². The van der Waals surface area contributed by atoms with Gasteiger partial charge < -0.3 is 30.8 Å². The first-order valence-electron chi connectivity index (χ1n) is 5.73. The Bertz CT molecular complexity index is 559. The van der Waals surface area contributed by atoms with Gasteiger partial charge in [-0.3, -0.25) is 0 Å². The van der Waals surface area contributed by atoms with Crippen molar-refractivity contribution >= 4 is 39.2 Å². The lowest BCUT2D eigenvalue weighted by Crippen LogP contribution is -2.48. The van der Waals surface area contributed by atoms with Gasteiger partial charge in [-0.05, 0) is 16.0 Å². The molecule has 1 saturated heterocycles. The minimum Gasteiger partial charge on any atom is -0.465 e. The Morgan fingerprint density at radius 3 is 2.55 bits per heavy atom. The zero-order chi connectivity index (χ0) is 14.9. The first-order chi connectivity index (χ1) is 9.40. The molecule has 108 valence electrons. The van der Waals surface area contributed by atoms with Gasteiger partial charge in [0, 0.05) is 42.1 Å². The van der Waals surface area contributed by atoms with Gasteiger partial charge in [0.25, 0.3) is 0 Å². The van der Waals surface area contributed by atoms with Crippen molar-refractivity contribution in [1.29, 1.82) is 0 Å². The van der Waals surface area contributed by atoms with Crippen LogP contribution in [0.2, 0.25) is 0 Å². The Hall–Kier alpha value is -2.10. The average molecular weight is 346 g/mol. The van der Waals surface area contributed by atoms with Gasteiger partial charge in [0.15, 0.2) is 0 Å². The fraction of sp³-hybridized carbons (Fsp3) is 0.400. The van der Waals surface area contributed by atoms with E-state index in [0.29, 0.717) is 36.5 Å². The van der Waals surface area contributed by atoms with Crippen LogP contribution < -0.4 is 10.6 Å². The van der Waals surface area contributed by atoms with Crippen LogP contribution in [-0.4, -0.2) is 52.2 Å². The number of carboxylic acid groups (broad SMARTS) is 1. The molecule has 1 fully saturated rings. The monoisotopic (exact) mass is 345 g/mol. The van der Waals surface area contributed by atoms with E-state index >= 15 is 0 Å². The normalized spacial score (nSPS) is 15.2. The third-order valence-corrected chi connectivity index (χ3v) is 3.61. The zero-order valence-electron chi connectivity index (χ0n) is 10.3. The summed E-state index contributed by atoms with van der Waals surface area (Å²) in [6.45, 7) is 1.67. The molecule has 9 nitrogen and oxygen atoms in total. The smallest absolute Gasteiger partial charge is 0.407 e. The molecule has 1 aliphatic rings. The number of halogens is 1. The van der Waals surface area contributed by atoms with Crippen LogP contribution in [0.25, 0.3) is 0 Å². The summed E-state index contributed by atoms with van der Waals surface area (Å²) < 4.78 is 0.321. The predicted molar refractivity (Wildman–Crippen MR) is 74.8 cm³/mol. The summed E-state index contributed by atoms with van der Waals surface area (Å²) in [5.74, 6) is -0.398. The molecule has 10 heteroatoms. The number of anilines is 2. The van der Waals surface area contributed by atoms with Crippen LogP contribution in [0, 0.1) is 10.1 Å². The lowest BCUT2D eigenvalue weighted by molar-refractivity contribution is -0.388. The highest BCUT2D eigenvalue weighted by molar-refractivity contribution is 9.10. The second kappa shape index (κ2) is 5.49. The van der Waals surface area contributed by atoms with Crippen LogP contribution in [0.1, 0.15) is 0 Å². The van der Waals surface area contributed by atoms with Gasteiger partial charge in [0.2, 0.25) is 4.60 Å². The fourth-order valence-corrected chi connectivity index (χ4v) is 2.53. The molecule has 0 spiro atoms. The van der Waals surface area contributed by atoms with Crippen molar-refractivity contribution in [3.63, 3.8) is 0 Å². The number of nitro groups is 1. The van der Waals surface area contributed by atoms with Crippen molar-refractivity contribution in [1.82, 2.24) is 9.88 Å². The molecule has 0 unspecified atom stereocenters. The van der Waals surface area contributed by atoms with E-state index in [0.717, 1.165) is 0 Å². The first kappa shape index (κ1) is 14.3. The number of hydrogen-bond donors (Lipinski definition) is 2. The lowest BCUT2D eigenvalue weighted by atomic mass is 10.2. The molecular formula is C10H12BrN5O4. The van der Waals surface area contributed by atoms with Crippen molar-refractivity contribution < 1.29 is 14.8 Å². The summed E-state index contributed by atoms with van der Waals surface area (Å²) in [4.78, 5) is 27.9. The average Bonchev–Trinajstić information content (AvgIpc) is 2.40. The molecule has 0 bridgehead atoms. The SMILES string of the molecule is Nc1cc(N2CCN(C(=O)O)CC2)c(Br)nc1[N+](=O)[O-]. The maximum atomic E-state index is 10.8. The highest BCUT2D eigenvalue weighted by Gasteiger charge is 2.26. The molecule has 0 aliphatic carbocycles. The van der Waals surface area contributed by atoms with Gasteiger partial charge in [-0.1, -0.05) is 0 Å². The number of nitrogens with zero attached hydrogens (tertiary/aromatic N) is 4. The molecule has 2 rings (SSSR count). The molecule has 0 saturated carbocycles. The number of nitrogen functional groups attached to an aromatic ring is 1. The van der Waals surface area contributed by atoms with Crippen LogP contribution in [0.3, 0.4) is 0 Å². The Balaban J connectivity index is 2.20. The summed E-state index contributed by atoms with van der Waals surface area (Å²) in [7, 11) is 0. The lowest BCUT2D eigenvalue weighted by Gasteiger charge is -2.34. The second-order valence-electron chi connectivity index (χ2n) is 4.22. The second-order valence-corrected chi connectivity index (χ2v) is 4.98. The van der Waals surface area contributed by atoms with Gasteiger partial charge >= 0.3 is 11.9 Å². The molecule has 0 aromatic carbocycles. The summed E-state index contributed by atoms with van der Waals surface area (Å²) in [5.41, 5.74) is 6.22. The summed E-state index contributed by atoms with van der Waals surface area (Å²) >= 11 is 3.19. The minimum absolute atomic E-state index is 0.0196. The molecule has 1 aliphatic heterocycles. The standard InChI is InChI=1S/C10H12BrN5O4/c11-8-7(5-6(12)9(13-8)16(19)20)14-1-3-15(4-2-14)10(17)18/h5H,1-4,12H2,(H,17,18). The van der Waals surface area contributed by atoms with Gasteiger partial charge in [0.1, 0.15) is 5.69 Å². The summed E-state index contributed by atoms with van der Waals surface area (Å²) in [5, 5.41) is 19.6. The highest BCUT2D eigenvalue weighted by Crippen LogP contribution is 2.32. The molecule has 1 aromatic rings. The van der Waals surface area contributed by atoms with E-state index < -0.39 is 16.8 Å². The Labute approximate surface area is 122 Å². The Morgan fingerprint density at radius 2 is 2.05 bits per heavy atom. The maximum absolute atomic E-state index is 10.8. The predicted octanol–water partition coefficient (Wildman–Crippen LogP) is 1.13. The number of nitrogens with two attached hydrogens (primary N) is 1. The highest BCUT2D eigenvalue weighted by atomic mass is 79.9. The number of piperazine rings is 1. The van der Waals surface area contributed by atoms with Crippen LogP contribution >= 0.6 is 15.9 Å². The first-order valence-corrected chi connectivity index (χ1v) is 6.52. The number of pyridine rings is 1. The quantitative estimate of drug-likeness (QED) is 0.467. The number of amides is 1. The summed E-state index contributed by atoms with van der Waals surface area (Å²) in [6.07, 6.45) is -0.954. The number of carbonyl (C=O) groups is 1. The molecule has 1 aromatic heterocycles. The van der Waals surface area contributed by atoms with Crippen molar-refractivity contribution in [3.05, 3.63) is 20.8 Å². The van der Waals surface area contributed by atoms with E-state index in [1.807, 2.05) is 4.90 Å². The molecule has 3 N–H and O–H groups in total. The molecular weight excluding hydrogens is 334 g/mol. The van der Waals surface area contributed by atoms with E-state index in [2.05, 4.69) is 20.9 Å². The molecule has 0 atom stereocenters. The third-order valence-electron chi connectivity index (χ3n) is 3.03. The molecule has 2 heterocycles. The van der Waals surface area contributed by atoms with Crippen LogP contribution in [0.4, 0.5) is 22.0 Å². The molecule has 0 radical (unpaired) electrons. The van der Waals surface area contributed by atoms with Crippen LogP contribution in [0.15, 0.2) is 10.7 Å². The third kappa shape index (κ3) is 2.74. The number of hydrogen-bond acceptors (Lipinski definition) is 6. The van der Waals surface area contributed by atoms with E-state index in [9.17, 15) is 14.9 Å².